The first-order valence-corrected chi connectivity index (χ1v) is 7.89. The summed E-state index contributed by atoms with van der Waals surface area (Å²) < 4.78 is 4.82. The molecule has 0 radical (unpaired) electrons. The highest BCUT2D eigenvalue weighted by atomic mass is 16.6. The predicted molar refractivity (Wildman–Crippen MR) is 95.7 cm³/mol. The average molecular weight is 369 g/mol. The number of aromatic nitrogens is 3. The number of carbonyl (C=O) groups excluding carboxylic acids is 1. The van der Waals surface area contributed by atoms with Gasteiger partial charge in [0.25, 0.3) is 5.91 Å². The Morgan fingerprint density at radius 2 is 1.93 bits per heavy atom. The summed E-state index contributed by atoms with van der Waals surface area (Å²) in [6.07, 6.45) is 3.35. The quantitative estimate of drug-likeness (QED) is 0.308. The van der Waals surface area contributed by atoms with Crippen molar-refractivity contribution in [1.29, 1.82) is 0 Å². The van der Waals surface area contributed by atoms with E-state index in [0.29, 0.717) is 18.2 Å². The molecule has 0 aliphatic rings. The highest BCUT2D eigenvalue weighted by molar-refractivity contribution is 5.91. The normalized spacial score (nSPS) is 10.2. The lowest BCUT2D eigenvalue weighted by Gasteiger charge is -2.07. The molecule has 3 aromatic rings. The lowest BCUT2D eigenvalue weighted by Crippen LogP contribution is -2.28. The van der Waals surface area contributed by atoms with Gasteiger partial charge >= 0.3 is 5.88 Å². The Balaban J connectivity index is 1.42. The monoisotopic (exact) mass is 369 g/mol. The first-order valence-electron chi connectivity index (χ1n) is 7.89. The van der Waals surface area contributed by atoms with Crippen LogP contribution >= 0.6 is 0 Å². The molecule has 0 saturated heterocycles. The number of nitrogens with zero attached hydrogens (tertiary/aromatic N) is 4. The van der Waals surface area contributed by atoms with E-state index in [1.54, 1.807) is 30.6 Å². The topological polar surface area (TPSA) is 148 Å². The van der Waals surface area contributed by atoms with Gasteiger partial charge in [-0.15, -0.1) is 10.2 Å². The van der Waals surface area contributed by atoms with Crippen LogP contribution in [0, 0.1) is 10.1 Å². The minimum absolute atomic E-state index is 0.118. The predicted octanol–water partition coefficient (Wildman–Crippen LogP) is 1.96. The van der Waals surface area contributed by atoms with Crippen LogP contribution in [0.5, 0.6) is 0 Å². The second-order valence-electron chi connectivity index (χ2n) is 5.25. The van der Waals surface area contributed by atoms with Gasteiger partial charge in [-0.05, 0) is 30.3 Å². The van der Waals surface area contributed by atoms with Crippen molar-refractivity contribution in [2.24, 2.45) is 0 Å². The van der Waals surface area contributed by atoms with Crippen LogP contribution in [0.3, 0.4) is 0 Å². The maximum atomic E-state index is 11.8. The summed E-state index contributed by atoms with van der Waals surface area (Å²) in [5.41, 5.74) is 0.799. The summed E-state index contributed by atoms with van der Waals surface area (Å²) >= 11 is 0. The van der Waals surface area contributed by atoms with E-state index in [0.717, 1.165) is 11.8 Å². The SMILES string of the molecule is O=C(NCCNc1ccc(Nc2cccnc2)nn1)c1ccc([N+](=O)[O-])o1. The lowest BCUT2D eigenvalue weighted by molar-refractivity contribution is -0.402. The van der Waals surface area contributed by atoms with Gasteiger partial charge in [-0.2, -0.15) is 0 Å². The first kappa shape index (κ1) is 17.8. The van der Waals surface area contributed by atoms with E-state index in [-0.39, 0.29) is 12.3 Å². The van der Waals surface area contributed by atoms with E-state index >= 15 is 0 Å². The number of nitrogens with one attached hydrogen (secondary N) is 3. The molecular formula is C16H15N7O4. The van der Waals surface area contributed by atoms with Gasteiger partial charge in [0, 0.05) is 19.3 Å². The maximum absolute atomic E-state index is 11.8. The van der Waals surface area contributed by atoms with E-state index < -0.39 is 16.7 Å². The van der Waals surface area contributed by atoms with Crippen LogP contribution in [-0.4, -0.2) is 39.1 Å². The third-order valence-corrected chi connectivity index (χ3v) is 3.31. The molecule has 0 aliphatic carbocycles. The Bertz CT molecular complexity index is 912. The molecule has 0 aliphatic heterocycles. The number of hydrogen-bond acceptors (Lipinski definition) is 9. The van der Waals surface area contributed by atoms with Gasteiger partial charge in [-0.3, -0.25) is 19.9 Å². The van der Waals surface area contributed by atoms with Crippen molar-refractivity contribution in [3.8, 4) is 0 Å². The molecular weight excluding hydrogens is 354 g/mol. The standard InChI is InChI=1S/C16H15N7O4/c24-16(12-3-6-15(27-12)23(25)26)19-9-8-18-13-4-5-14(22-21-13)20-11-2-1-7-17-10-11/h1-7,10H,8-9H2,(H,18,21)(H,19,24)(H,20,22). The van der Waals surface area contributed by atoms with Crippen molar-refractivity contribution in [3.63, 3.8) is 0 Å². The van der Waals surface area contributed by atoms with Crippen molar-refractivity contribution < 1.29 is 14.1 Å². The third kappa shape index (κ3) is 4.98. The Hall–Kier alpha value is -4.02. The van der Waals surface area contributed by atoms with E-state index in [4.69, 9.17) is 4.42 Å². The van der Waals surface area contributed by atoms with Crippen molar-refractivity contribution in [2.45, 2.75) is 0 Å². The van der Waals surface area contributed by atoms with Crippen LogP contribution in [0.2, 0.25) is 0 Å². The summed E-state index contributed by atoms with van der Waals surface area (Å²) in [7, 11) is 0. The molecule has 1 amide bonds. The third-order valence-electron chi connectivity index (χ3n) is 3.31. The number of hydrogen-bond donors (Lipinski definition) is 3. The number of carbonyl (C=O) groups is 1. The molecule has 0 aromatic carbocycles. The number of nitro groups is 1. The summed E-state index contributed by atoms with van der Waals surface area (Å²) in [5.74, 6) is -0.0243. The number of amides is 1. The van der Waals surface area contributed by atoms with Crippen LogP contribution < -0.4 is 16.0 Å². The molecule has 11 heteroatoms. The molecule has 3 aromatic heterocycles. The minimum atomic E-state index is -0.705. The summed E-state index contributed by atoms with van der Waals surface area (Å²) in [4.78, 5) is 25.6. The smallest absolute Gasteiger partial charge is 0.395 e. The zero-order valence-electron chi connectivity index (χ0n) is 14.0. The van der Waals surface area contributed by atoms with Crippen LogP contribution in [0.1, 0.15) is 10.6 Å². The number of rotatable bonds is 8. The van der Waals surface area contributed by atoms with Crippen molar-refractivity contribution in [2.75, 3.05) is 23.7 Å². The Labute approximate surface area is 153 Å². The molecule has 138 valence electrons. The minimum Gasteiger partial charge on any atom is -0.395 e. The molecule has 3 N–H and O–H groups in total. The van der Waals surface area contributed by atoms with Gasteiger partial charge in [0.2, 0.25) is 0 Å². The molecule has 0 atom stereocenters. The Morgan fingerprint density at radius 1 is 1.11 bits per heavy atom. The molecule has 11 nitrogen and oxygen atoms in total. The number of pyridine rings is 1. The van der Waals surface area contributed by atoms with E-state index in [2.05, 4.69) is 31.1 Å². The van der Waals surface area contributed by atoms with E-state index in [1.807, 2.05) is 6.07 Å². The van der Waals surface area contributed by atoms with Crippen LogP contribution in [0.25, 0.3) is 0 Å². The molecule has 0 bridgehead atoms. The fraction of sp³-hybridized carbons (Fsp3) is 0.125. The highest BCUT2D eigenvalue weighted by Gasteiger charge is 2.16. The summed E-state index contributed by atoms with van der Waals surface area (Å²) in [5, 5.41) is 27.2. The van der Waals surface area contributed by atoms with Crippen molar-refractivity contribution >= 4 is 29.1 Å². The van der Waals surface area contributed by atoms with Crippen molar-refractivity contribution in [3.05, 3.63) is 64.7 Å². The van der Waals surface area contributed by atoms with Gasteiger partial charge in [-0.25, -0.2) is 0 Å². The Kier molecular flexibility index (Phi) is 5.52. The van der Waals surface area contributed by atoms with Crippen LogP contribution in [0.4, 0.5) is 23.2 Å². The van der Waals surface area contributed by atoms with Crippen molar-refractivity contribution in [1.82, 2.24) is 20.5 Å². The fourth-order valence-corrected chi connectivity index (χ4v) is 2.08. The van der Waals surface area contributed by atoms with Gasteiger partial charge in [0.15, 0.2) is 11.6 Å². The summed E-state index contributed by atoms with van der Waals surface area (Å²) in [6.45, 7) is 0.656. The van der Waals surface area contributed by atoms with Gasteiger partial charge in [0.05, 0.1) is 18.0 Å². The highest BCUT2D eigenvalue weighted by Crippen LogP contribution is 2.15. The number of anilines is 3. The van der Waals surface area contributed by atoms with Gasteiger partial charge < -0.3 is 20.4 Å². The molecule has 3 rings (SSSR count). The fourth-order valence-electron chi connectivity index (χ4n) is 2.08. The second kappa shape index (κ2) is 8.38. The molecule has 0 fully saturated rings. The zero-order valence-corrected chi connectivity index (χ0v) is 14.0. The number of furan rings is 1. The molecule has 0 spiro atoms. The summed E-state index contributed by atoms with van der Waals surface area (Å²) in [6, 6.07) is 9.54. The van der Waals surface area contributed by atoms with Gasteiger partial charge in [-0.1, -0.05) is 0 Å². The van der Waals surface area contributed by atoms with E-state index in [9.17, 15) is 14.9 Å². The van der Waals surface area contributed by atoms with Crippen LogP contribution in [-0.2, 0) is 0 Å². The molecule has 27 heavy (non-hydrogen) atoms. The lowest BCUT2D eigenvalue weighted by atomic mass is 10.4. The largest absolute Gasteiger partial charge is 0.433 e. The van der Waals surface area contributed by atoms with Crippen LogP contribution in [0.15, 0.2) is 53.2 Å². The average Bonchev–Trinajstić information content (AvgIpc) is 3.18. The molecule has 0 saturated carbocycles. The first-order chi connectivity index (χ1) is 13.1. The molecule has 3 heterocycles. The Morgan fingerprint density at radius 3 is 2.59 bits per heavy atom. The zero-order chi connectivity index (χ0) is 19.1. The van der Waals surface area contributed by atoms with Gasteiger partial charge in [0.1, 0.15) is 10.7 Å². The maximum Gasteiger partial charge on any atom is 0.433 e. The second-order valence-corrected chi connectivity index (χ2v) is 5.25. The van der Waals surface area contributed by atoms with E-state index in [1.165, 1.54) is 6.07 Å². The molecule has 0 unspecified atom stereocenters.